The van der Waals surface area contributed by atoms with E-state index in [2.05, 4.69) is 95.0 Å². The Kier molecular flexibility index (Phi) is 25.1. The Hall–Kier alpha value is -3.55. The number of unbranched alkanes of at least 4 members (excludes halogenated alkanes) is 4. The molecule has 0 amide bonds. The number of allylic oxidation sites excluding steroid dienone is 2. The van der Waals surface area contributed by atoms with Crippen LogP contribution in [0.4, 0.5) is 20.2 Å². The van der Waals surface area contributed by atoms with E-state index in [-0.39, 0.29) is 17.1 Å². The minimum atomic E-state index is -2.64. The zero-order valence-electron chi connectivity index (χ0n) is 36.8. The van der Waals surface area contributed by atoms with Crippen LogP contribution >= 0.6 is 0 Å². The minimum absolute atomic E-state index is 0.115. The Bertz CT molecular complexity index is 1500. The molecule has 1 saturated carbocycles. The molecule has 1 aromatic carbocycles. The number of carbonyl (C=O) groups is 1. The summed E-state index contributed by atoms with van der Waals surface area (Å²) in [4.78, 5) is 18.2. The molecule has 1 N–H and O–H groups in total. The Morgan fingerprint density at radius 1 is 0.964 bits per heavy atom. The number of fused-ring (bicyclic) bond motifs is 1. The van der Waals surface area contributed by atoms with Gasteiger partial charge in [0.2, 0.25) is 0 Å². The Morgan fingerprint density at radius 3 is 2.11 bits per heavy atom. The molecule has 3 aliphatic rings. The van der Waals surface area contributed by atoms with E-state index in [1.165, 1.54) is 125 Å². The molecule has 6 nitrogen and oxygen atoms in total. The summed E-state index contributed by atoms with van der Waals surface area (Å²) in [5.41, 5.74) is 5.37. The average Bonchev–Trinajstić information content (AvgIpc) is 3.86. The number of nitrogens with zero attached hydrogens (tertiary/aromatic N) is 3. The highest BCUT2D eigenvalue weighted by Gasteiger charge is 2.36. The smallest absolute Gasteiger partial charge is 0.321 e. The second kappa shape index (κ2) is 27.9. The number of aromatic nitrogens is 1. The van der Waals surface area contributed by atoms with Crippen molar-refractivity contribution >= 4 is 28.4 Å². The molecule has 2 aliphatic heterocycles. The van der Waals surface area contributed by atoms with Crippen LogP contribution in [0.2, 0.25) is 0 Å². The van der Waals surface area contributed by atoms with Crippen LogP contribution in [0.5, 0.6) is 0 Å². The summed E-state index contributed by atoms with van der Waals surface area (Å²) in [5.74, 6) is 2.50. The van der Waals surface area contributed by atoms with E-state index in [0.717, 1.165) is 12.3 Å². The van der Waals surface area contributed by atoms with Gasteiger partial charge < -0.3 is 15.0 Å². The maximum atomic E-state index is 13.5. The summed E-state index contributed by atoms with van der Waals surface area (Å²) >= 11 is 0. The van der Waals surface area contributed by atoms with E-state index < -0.39 is 6.43 Å². The maximum absolute atomic E-state index is 13.5. The van der Waals surface area contributed by atoms with Gasteiger partial charge in [0.1, 0.15) is 30.7 Å². The van der Waals surface area contributed by atoms with Gasteiger partial charge in [-0.1, -0.05) is 131 Å². The van der Waals surface area contributed by atoms with Gasteiger partial charge >= 0.3 is 6.43 Å². The molecule has 0 bridgehead atoms. The predicted octanol–water partition coefficient (Wildman–Crippen LogP) is 13.6. The molecular formula is C47H77F2N4O2+. The fraction of sp³-hybridized carbons (Fsp3) is 0.638. The lowest BCUT2D eigenvalue weighted by molar-refractivity contribution is -0.500. The Balaban J connectivity index is 0.000000393. The number of Topliss-reactive ketones (excluding diaryl/α,β-unsaturated/α-hetero) is 1. The standard InChI is InChI=1S/C16H19F2N2O2.C13H18N2.C9H20.C5H10.C4H10/c1-9-7-11(10(2)21)8-12(19-9)14-13(22-4)5-6-20(3)15(14)16(17)18;1-4-5-6-13-14-11-8-7-10(2)9-12(11)15(13)3;1-4-6-7-8-9(3)5-2;1-2-4-5-3-1;1-3-4-2/h7-8,16H,5-6H2,1-4H3;6-9,14H,4-5H2,1-3H3;9H,4-8H2,1-3H3;1-5H2;3-4H2,1-2H3/q+1;;;;/b;13-6-;;;/t;;9-;;/m..1../s1. The van der Waals surface area contributed by atoms with Gasteiger partial charge in [-0.05, 0) is 69.0 Å². The molecule has 3 heterocycles. The van der Waals surface area contributed by atoms with E-state index in [9.17, 15) is 13.6 Å². The summed E-state index contributed by atoms with van der Waals surface area (Å²) in [6.07, 6.45) is 19.6. The van der Waals surface area contributed by atoms with Crippen LogP contribution in [0.3, 0.4) is 0 Å². The average molecular weight is 768 g/mol. The summed E-state index contributed by atoms with van der Waals surface area (Å²) in [6.45, 7) is 19.2. The molecule has 0 saturated heterocycles. The molecule has 0 radical (unpaired) electrons. The second-order valence-corrected chi connectivity index (χ2v) is 15.2. The molecule has 310 valence electrons. The SMILES string of the molecule is C1CCCC1.CCC/C=C1/Nc2ccc(C)cc2N1C.CCCC.CCCCC[C@H](C)CC.COC1=C(c2cc(C(C)=O)cc(C)n2)C(C(F)F)=[N+](C)CC1. The number of ketones is 1. The van der Waals surface area contributed by atoms with Crippen LogP contribution in [-0.2, 0) is 4.74 Å². The van der Waals surface area contributed by atoms with Crippen LogP contribution in [-0.4, -0.2) is 55.2 Å². The first-order valence-corrected chi connectivity index (χ1v) is 21.2. The number of nitrogens with one attached hydrogen (secondary N) is 1. The van der Waals surface area contributed by atoms with Crippen molar-refractivity contribution in [1.29, 1.82) is 0 Å². The molecular weight excluding hydrogens is 691 g/mol. The van der Waals surface area contributed by atoms with Crippen LogP contribution in [0.15, 0.2) is 48.0 Å². The molecule has 8 heteroatoms. The second-order valence-electron chi connectivity index (χ2n) is 15.2. The monoisotopic (exact) mass is 768 g/mol. The van der Waals surface area contributed by atoms with Crippen molar-refractivity contribution in [3.8, 4) is 0 Å². The van der Waals surface area contributed by atoms with Gasteiger partial charge in [0, 0.05) is 18.3 Å². The molecule has 0 spiro atoms. The number of rotatable bonds is 12. The van der Waals surface area contributed by atoms with Crippen molar-refractivity contribution < 1.29 is 22.9 Å². The van der Waals surface area contributed by atoms with E-state index in [1.807, 2.05) is 0 Å². The highest BCUT2D eigenvalue weighted by Crippen LogP contribution is 2.36. The van der Waals surface area contributed by atoms with Crippen molar-refractivity contribution in [1.82, 2.24) is 4.98 Å². The van der Waals surface area contributed by atoms with Crippen LogP contribution < -0.4 is 10.2 Å². The number of ether oxygens (including phenoxy) is 1. The lowest BCUT2D eigenvalue weighted by Crippen LogP contribution is -2.32. The summed E-state index contributed by atoms with van der Waals surface area (Å²) in [5, 5.41) is 3.43. The fourth-order valence-corrected chi connectivity index (χ4v) is 6.28. The van der Waals surface area contributed by atoms with Crippen molar-refractivity contribution in [3.05, 3.63) is 70.5 Å². The number of aryl methyl sites for hydroxylation is 2. The van der Waals surface area contributed by atoms with Gasteiger partial charge in [-0.3, -0.25) is 9.78 Å². The highest BCUT2D eigenvalue weighted by molar-refractivity contribution is 6.23. The number of alkyl halides is 2. The zero-order chi connectivity index (χ0) is 41.3. The highest BCUT2D eigenvalue weighted by atomic mass is 19.3. The zero-order valence-corrected chi connectivity index (χ0v) is 36.8. The summed E-state index contributed by atoms with van der Waals surface area (Å²) in [7, 11) is 5.20. The molecule has 2 aromatic rings. The quantitative estimate of drug-likeness (QED) is 0.132. The number of carbonyl (C=O) groups excluding carboxylic acids is 1. The lowest BCUT2D eigenvalue weighted by atomic mass is 9.97. The largest absolute Gasteiger partial charge is 0.500 e. The van der Waals surface area contributed by atoms with Gasteiger partial charge in [-0.15, -0.1) is 0 Å². The van der Waals surface area contributed by atoms with Crippen molar-refractivity contribution in [3.63, 3.8) is 0 Å². The van der Waals surface area contributed by atoms with Gasteiger partial charge in [0.15, 0.2) is 5.78 Å². The predicted molar refractivity (Wildman–Crippen MR) is 233 cm³/mol. The third kappa shape index (κ3) is 17.9. The first-order chi connectivity index (χ1) is 26.3. The fourth-order valence-electron chi connectivity index (χ4n) is 6.28. The molecule has 1 aromatic heterocycles. The topological polar surface area (TPSA) is 57.5 Å². The van der Waals surface area contributed by atoms with Crippen LogP contribution in [0, 0.1) is 19.8 Å². The van der Waals surface area contributed by atoms with Gasteiger partial charge in [0.25, 0.3) is 5.71 Å². The van der Waals surface area contributed by atoms with Gasteiger partial charge in [-0.25, -0.2) is 4.58 Å². The number of benzene rings is 1. The summed E-state index contributed by atoms with van der Waals surface area (Å²) < 4.78 is 33.8. The maximum Gasteiger partial charge on any atom is 0.321 e. The third-order valence-electron chi connectivity index (χ3n) is 10.2. The lowest BCUT2D eigenvalue weighted by Gasteiger charge is -2.19. The van der Waals surface area contributed by atoms with Crippen molar-refractivity contribution in [2.75, 3.05) is 38.0 Å². The molecule has 1 aliphatic carbocycles. The number of pyridine rings is 1. The number of anilines is 2. The van der Waals surface area contributed by atoms with Crippen LogP contribution in [0.1, 0.15) is 172 Å². The number of hydrogen-bond donors (Lipinski definition) is 1. The molecule has 1 fully saturated rings. The van der Waals surface area contributed by atoms with E-state index >= 15 is 0 Å². The number of methoxy groups -OCH3 is 1. The van der Waals surface area contributed by atoms with Crippen LogP contribution in [0.25, 0.3) is 5.57 Å². The van der Waals surface area contributed by atoms with Gasteiger partial charge in [-0.2, -0.15) is 8.78 Å². The molecule has 5 rings (SSSR count). The number of hydrogen-bond acceptors (Lipinski definition) is 5. The minimum Gasteiger partial charge on any atom is -0.500 e. The Labute approximate surface area is 334 Å². The van der Waals surface area contributed by atoms with E-state index in [1.54, 1.807) is 26.1 Å². The summed E-state index contributed by atoms with van der Waals surface area (Å²) in [6, 6.07) is 9.70. The first-order valence-electron chi connectivity index (χ1n) is 21.2. The normalized spacial score (nSPS) is 15.8. The molecule has 1 atom stereocenters. The van der Waals surface area contributed by atoms with E-state index in [4.69, 9.17) is 4.74 Å². The molecule has 55 heavy (non-hydrogen) atoms. The van der Waals surface area contributed by atoms with E-state index in [0.29, 0.717) is 35.7 Å². The van der Waals surface area contributed by atoms with Crippen molar-refractivity contribution in [2.45, 2.75) is 165 Å². The van der Waals surface area contributed by atoms with Crippen molar-refractivity contribution in [2.24, 2.45) is 5.92 Å². The molecule has 0 unspecified atom stereocenters. The Morgan fingerprint density at radius 2 is 1.60 bits per heavy atom. The number of halogens is 2. The third-order valence-corrected chi connectivity index (χ3v) is 10.2. The van der Waals surface area contributed by atoms with Gasteiger partial charge in [0.05, 0.1) is 30.6 Å². The first kappa shape index (κ1) is 49.5.